The molecule has 0 bridgehead atoms. The van der Waals surface area contributed by atoms with Crippen LogP contribution in [0.4, 0.5) is 0 Å². The van der Waals surface area contributed by atoms with E-state index in [1.54, 1.807) is 24.5 Å². The monoisotopic (exact) mass is 392 g/mol. The first kappa shape index (κ1) is 18.7. The minimum Gasteiger partial charge on any atom is -0.467 e. The van der Waals surface area contributed by atoms with E-state index in [0.29, 0.717) is 43.0 Å². The van der Waals surface area contributed by atoms with Gasteiger partial charge in [-0.1, -0.05) is 17.3 Å². The Morgan fingerprint density at radius 1 is 1.24 bits per heavy atom. The van der Waals surface area contributed by atoms with Gasteiger partial charge in [-0.3, -0.25) is 9.59 Å². The number of nitrogens with zero attached hydrogens (tertiary/aromatic N) is 2. The lowest BCUT2D eigenvalue weighted by atomic mass is 10.1. The Hall–Kier alpha value is -3.68. The highest BCUT2D eigenvalue weighted by Gasteiger charge is 2.14. The van der Waals surface area contributed by atoms with E-state index < -0.39 is 0 Å². The Balaban J connectivity index is 1.36. The molecule has 3 heterocycles. The van der Waals surface area contributed by atoms with Gasteiger partial charge >= 0.3 is 0 Å². The van der Waals surface area contributed by atoms with Gasteiger partial charge < -0.3 is 19.2 Å². The molecular weight excluding hydrogens is 372 g/mol. The zero-order valence-corrected chi connectivity index (χ0v) is 15.9. The van der Waals surface area contributed by atoms with Crippen LogP contribution < -0.4 is 10.9 Å². The normalized spacial score (nSPS) is 11.1. The first-order valence-corrected chi connectivity index (χ1v) is 9.34. The van der Waals surface area contributed by atoms with Gasteiger partial charge in [-0.2, -0.15) is 4.98 Å². The van der Waals surface area contributed by atoms with E-state index in [1.165, 1.54) is 0 Å². The van der Waals surface area contributed by atoms with Gasteiger partial charge in [0, 0.05) is 18.4 Å². The number of hydrogen-bond acceptors (Lipinski definition) is 6. The van der Waals surface area contributed by atoms with Crippen LogP contribution in [0.15, 0.2) is 56.4 Å². The molecule has 0 atom stereocenters. The second-order valence-corrected chi connectivity index (χ2v) is 6.82. The van der Waals surface area contributed by atoms with Crippen molar-refractivity contribution < 1.29 is 13.7 Å². The summed E-state index contributed by atoms with van der Waals surface area (Å²) in [6, 6.07) is 11.2. The van der Waals surface area contributed by atoms with E-state index in [0.717, 1.165) is 16.5 Å². The summed E-state index contributed by atoms with van der Waals surface area (Å²) in [5.74, 6) is 1.26. The average molecular weight is 392 g/mol. The maximum atomic E-state index is 12.4. The van der Waals surface area contributed by atoms with Crippen LogP contribution in [0.3, 0.4) is 0 Å². The van der Waals surface area contributed by atoms with Crippen LogP contribution >= 0.6 is 0 Å². The summed E-state index contributed by atoms with van der Waals surface area (Å²) in [6.07, 6.45) is 2.90. The Morgan fingerprint density at radius 2 is 2.14 bits per heavy atom. The smallest absolute Gasteiger partial charge is 0.259 e. The number of aryl methyl sites for hydroxylation is 2. The third kappa shape index (κ3) is 4.43. The molecule has 8 nitrogen and oxygen atoms in total. The second kappa shape index (κ2) is 8.14. The molecule has 148 valence electrons. The predicted octanol–water partition coefficient (Wildman–Crippen LogP) is 3.12. The minimum atomic E-state index is -0.271. The molecule has 0 radical (unpaired) electrons. The first-order valence-electron chi connectivity index (χ1n) is 9.34. The zero-order valence-electron chi connectivity index (χ0n) is 15.9. The lowest BCUT2D eigenvalue weighted by Crippen LogP contribution is -2.22. The quantitative estimate of drug-likeness (QED) is 0.499. The second-order valence-electron chi connectivity index (χ2n) is 6.82. The molecular formula is C21H20N4O4. The summed E-state index contributed by atoms with van der Waals surface area (Å²) < 4.78 is 10.4. The molecule has 8 heteroatoms. The van der Waals surface area contributed by atoms with E-state index in [-0.39, 0.29) is 17.3 Å². The highest BCUT2D eigenvalue weighted by Crippen LogP contribution is 2.18. The number of rotatable bonds is 7. The number of aromatic nitrogens is 3. The topological polar surface area (TPSA) is 114 Å². The van der Waals surface area contributed by atoms with Gasteiger partial charge in [0.05, 0.1) is 18.4 Å². The molecule has 29 heavy (non-hydrogen) atoms. The maximum absolute atomic E-state index is 12.4. The third-order valence-electron chi connectivity index (χ3n) is 4.54. The van der Waals surface area contributed by atoms with E-state index in [9.17, 15) is 9.59 Å². The van der Waals surface area contributed by atoms with Crippen molar-refractivity contribution in [1.82, 2.24) is 20.4 Å². The van der Waals surface area contributed by atoms with Crippen LogP contribution in [0.5, 0.6) is 0 Å². The highest BCUT2D eigenvalue weighted by molar-refractivity contribution is 5.82. The number of H-pyrrole nitrogens is 1. The number of hydrogen-bond donors (Lipinski definition) is 2. The van der Waals surface area contributed by atoms with E-state index in [4.69, 9.17) is 8.94 Å². The maximum Gasteiger partial charge on any atom is 0.259 e. The number of benzene rings is 1. The van der Waals surface area contributed by atoms with Gasteiger partial charge in [-0.25, -0.2) is 0 Å². The van der Waals surface area contributed by atoms with Crippen molar-refractivity contribution in [2.45, 2.75) is 32.7 Å². The molecule has 4 rings (SSSR count). The fourth-order valence-corrected chi connectivity index (χ4v) is 3.03. The molecule has 2 N–H and O–H groups in total. The minimum absolute atomic E-state index is 0.0811. The molecule has 0 unspecified atom stereocenters. The van der Waals surface area contributed by atoms with Gasteiger partial charge in [0.15, 0.2) is 0 Å². The van der Waals surface area contributed by atoms with Gasteiger partial charge in [0.2, 0.25) is 17.6 Å². The number of aromatic amines is 1. The molecule has 1 amide bonds. The summed E-state index contributed by atoms with van der Waals surface area (Å²) >= 11 is 0. The first-order chi connectivity index (χ1) is 14.1. The number of fused-ring (bicyclic) bond motifs is 1. The molecule has 0 fully saturated rings. The van der Waals surface area contributed by atoms with Crippen LogP contribution in [0.2, 0.25) is 0 Å². The number of pyridine rings is 1. The Bertz CT molecular complexity index is 1190. The van der Waals surface area contributed by atoms with E-state index >= 15 is 0 Å². The van der Waals surface area contributed by atoms with Crippen LogP contribution in [-0.2, 0) is 17.8 Å². The summed E-state index contributed by atoms with van der Waals surface area (Å²) in [5.41, 5.74) is 1.92. The summed E-state index contributed by atoms with van der Waals surface area (Å²) in [6.45, 7) is 2.33. The van der Waals surface area contributed by atoms with Crippen molar-refractivity contribution in [3.05, 3.63) is 70.2 Å². The summed E-state index contributed by atoms with van der Waals surface area (Å²) in [4.78, 5) is 31.4. The van der Waals surface area contributed by atoms with Crippen LogP contribution in [0.25, 0.3) is 22.3 Å². The fourth-order valence-electron chi connectivity index (χ4n) is 3.03. The lowest BCUT2D eigenvalue weighted by molar-refractivity contribution is -0.121. The van der Waals surface area contributed by atoms with Crippen LogP contribution in [0, 0.1) is 6.92 Å². The lowest BCUT2D eigenvalue weighted by Gasteiger charge is -2.02. The number of carbonyl (C=O) groups excluding carboxylic acids is 1. The SMILES string of the molecule is Cc1ccc2cc(-c3noc(CCCC(=O)NCc4ccco4)n3)c(=O)[nH]c2c1. The fraction of sp³-hybridized carbons (Fsp3) is 0.238. The van der Waals surface area contributed by atoms with E-state index in [1.807, 2.05) is 25.1 Å². The molecule has 0 aliphatic carbocycles. The van der Waals surface area contributed by atoms with Crippen LogP contribution in [0.1, 0.15) is 30.1 Å². The Kier molecular flexibility index (Phi) is 5.24. The van der Waals surface area contributed by atoms with Crippen molar-refractivity contribution in [2.75, 3.05) is 0 Å². The molecule has 0 saturated heterocycles. The standard InChI is InChI=1S/C21H20N4O4/c1-13-7-8-14-11-16(21(27)23-17(14)10-13)20-24-19(29-25-20)6-2-5-18(26)22-12-15-4-3-9-28-15/h3-4,7-11H,2,5-6,12H2,1H3,(H,22,26)(H,23,27). The van der Waals surface area contributed by atoms with Crippen molar-refractivity contribution >= 4 is 16.8 Å². The number of furan rings is 1. The Morgan fingerprint density at radius 3 is 2.97 bits per heavy atom. The zero-order chi connectivity index (χ0) is 20.2. The van der Waals surface area contributed by atoms with Crippen molar-refractivity contribution in [3.63, 3.8) is 0 Å². The van der Waals surface area contributed by atoms with Gasteiger partial charge in [-0.05, 0) is 48.6 Å². The third-order valence-corrected chi connectivity index (χ3v) is 4.54. The number of nitrogens with one attached hydrogen (secondary N) is 2. The predicted molar refractivity (Wildman–Crippen MR) is 106 cm³/mol. The molecule has 1 aromatic carbocycles. The number of amides is 1. The summed E-state index contributed by atoms with van der Waals surface area (Å²) in [5, 5.41) is 7.60. The molecule has 0 aliphatic rings. The molecule has 3 aromatic heterocycles. The summed E-state index contributed by atoms with van der Waals surface area (Å²) in [7, 11) is 0. The van der Waals surface area contributed by atoms with Crippen molar-refractivity contribution in [1.29, 1.82) is 0 Å². The number of carbonyl (C=O) groups is 1. The van der Waals surface area contributed by atoms with Gasteiger partial charge in [0.25, 0.3) is 5.56 Å². The largest absolute Gasteiger partial charge is 0.467 e. The van der Waals surface area contributed by atoms with Crippen LogP contribution in [-0.4, -0.2) is 21.0 Å². The Labute approximate surface area is 165 Å². The van der Waals surface area contributed by atoms with Crippen molar-refractivity contribution in [2.24, 2.45) is 0 Å². The molecule has 0 spiro atoms. The average Bonchev–Trinajstić information content (AvgIpc) is 3.38. The molecule has 0 aliphatic heterocycles. The van der Waals surface area contributed by atoms with E-state index in [2.05, 4.69) is 20.4 Å². The van der Waals surface area contributed by atoms with Gasteiger partial charge in [0.1, 0.15) is 5.76 Å². The van der Waals surface area contributed by atoms with Gasteiger partial charge in [-0.15, -0.1) is 0 Å². The molecule has 0 saturated carbocycles. The molecule has 4 aromatic rings. The highest BCUT2D eigenvalue weighted by atomic mass is 16.5. The van der Waals surface area contributed by atoms with Crippen molar-refractivity contribution in [3.8, 4) is 11.4 Å².